The molecular weight excluding hydrogens is 238 g/mol. The van der Waals surface area contributed by atoms with E-state index < -0.39 is 0 Å². The molecule has 4 heteroatoms. The molecule has 1 aliphatic rings. The molecule has 1 aliphatic carbocycles. The van der Waals surface area contributed by atoms with Crippen LogP contribution in [-0.4, -0.2) is 15.7 Å². The third-order valence-corrected chi connectivity index (χ3v) is 3.64. The number of carbonyl (C=O) groups excluding carboxylic acids is 1. The lowest BCUT2D eigenvalue weighted by Crippen LogP contribution is -2.30. The minimum absolute atomic E-state index is 0.0465. The van der Waals surface area contributed by atoms with Crippen LogP contribution in [0.3, 0.4) is 0 Å². The fourth-order valence-electron chi connectivity index (χ4n) is 2.68. The first-order valence-corrected chi connectivity index (χ1v) is 6.61. The second-order valence-corrected chi connectivity index (χ2v) is 5.02. The van der Waals surface area contributed by atoms with Gasteiger partial charge < -0.3 is 5.32 Å². The van der Waals surface area contributed by atoms with Gasteiger partial charge in [-0.3, -0.25) is 9.48 Å². The Morgan fingerprint density at radius 1 is 1.42 bits per heavy atom. The first-order valence-electron chi connectivity index (χ1n) is 6.61. The summed E-state index contributed by atoms with van der Waals surface area (Å²) < 4.78 is 1.64. The van der Waals surface area contributed by atoms with Crippen molar-refractivity contribution in [2.24, 2.45) is 7.05 Å². The SMILES string of the molecule is Cn1cc(C(=O)N[C@H]2CCCc3ccccc32)cn1. The number of carbonyl (C=O) groups is 1. The largest absolute Gasteiger partial charge is 0.345 e. The molecule has 1 N–H and O–H groups in total. The van der Waals surface area contributed by atoms with Crippen LogP contribution in [0.4, 0.5) is 0 Å². The topological polar surface area (TPSA) is 46.9 Å². The maximum Gasteiger partial charge on any atom is 0.254 e. The van der Waals surface area contributed by atoms with Crippen LogP contribution in [0.15, 0.2) is 36.7 Å². The normalized spacial score (nSPS) is 17.8. The van der Waals surface area contributed by atoms with Crippen molar-refractivity contribution in [1.82, 2.24) is 15.1 Å². The Kier molecular flexibility index (Phi) is 3.07. The molecule has 0 saturated heterocycles. The van der Waals surface area contributed by atoms with Crippen LogP contribution < -0.4 is 5.32 Å². The smallest absolute Gasteiger partial charge is 0.254 e. The van der Waals surface area contributed by atoms with E-state index in [1.54, 1.807) is 17.1 Å². The second kappa shape index (κ2) is 4.88. The number of fused-ring (bicyclic) bond motifs is 1. The van der Waals surface area contributed by atoms with Crippen molar-refractivity contribution in [3.05, 3.63) is 53.3 Å². The van der Waals surface area contributed by atoms with E-state index in [4.69, 9.17) is 0 Å². The van der Waals surface area contributed by atoms with Gasteiger partial charge in [-0.25, -0.2) is 0 Å². The zero-order valence-electron chi connectivity index (χ0n) is 11.0. The second-order valence-electron chi connectivity index (χ2n) is 5.02. The minimum atomic E-state index is -0.0465. The van der Waals surface area contributed by atoms with Crippen LogP contribution in [0.1, 0.15) is 40.4 Å². The maximum absolute atomic E-state index is 12.2. The highest BCUT2D eigenvalue weighted by Gasteiger charge is 2.22. The summed E-state index contributed by atoms with van der Waals surface area (Å²) in [5, 5.41) is 7.14. The number of rotatable bonds is 2. The van der Waals surface area contributed by atoms with Crippen molar-refractivity contribution in [2.75, 3.05) is 0 Å². The summed E-state index contributed by atoms with van der Waals surface area (Å²) in [4.78, 5) is 12.2. The van der Waals surface area contributed by atoms with Gasteiger partial charge in [-0.1, -0.05) is 24.3 Å². The lowest BCUT2D eigenvalue weighted by atomic mass is 9.87. The highest BCUT2D eigenvalue weighted by Crippen LogP contribution is 2.29. The van der Waals surface area contributed by atoms with E-state index in [0.717, 1.165) is 19.3 Å². The fourth-order valence-corrected chi connectivity index (χ4v) is 2.68. The molecule has 2 aromatic rings. The van der Waals surface area contributed by atoms with Crippen LogP contribution in [0, 0.1) is 0 Å². The summed E-state index contributed by atoms with van der Waals surface area (Å²) in [5.41, 5.74) is 3.22. The molecule has 1 atom stereocenters. The minimum Gasteiger partial charge on any atom is -0.345 e. The summed E-state index contributed by atoms with van der Waals surface area (Å²) in [7, 11) is 1.81. The highest BCUT2D eigenvalue weighted by atomic mass is 16.1. The zero-order valence-corrected chi connectivity index (χ0v) is 11.0. The lowest BCUT2D eigenvalue weighted by Gasteiger charge is -2.26. The Morgan fingerprint density at radius 3 is 3.05 bits per heavy atom. The van der Waals surface area contributed by atoms with E-state index >= 15 is 0 Å². The van der Waals surface area contributed by atoms with E-state index in [0.29, 0.717) is 5.56 Å². The van der Waals surface area contributed by atoms with Crippen molar-refractivity contribution in [3.8, 4) is 0 Å². The summed E-state index contributed by atoms with van der Waals surface area (Å²) in [5.74, 6) is -0.0465. The average molecular weight is 255 g/mol. The molecule has 98 valence electrons. The van der Waals surface area contributed by atoms with Gasteiger partial charge in [-0.05, 0) is 30.4 Å². The molecule has 0 spiro atoms. The third kappa shape index (κ3) is 2.38. The quantitative estimate of drug-likeness (QED) is 0.894. The van der Waals surface area contributed by atoms with Crippen LogP contribution in [-0.2, 0) is 13.5 Å². The molecule has 0 unspecified atom stereocenters. The molecule has 0 bridgehead atoms. The van der Waals surface area contributed by atoms with Gasteiger partial charge >= 0.3 is 0 Å². The van der Waals surface area contributed by atoms with Crippen molar-refractivity contribution in [1.29, 1.82) is 0 Å². The molecule has 0 saturated carbocycles. The maximum atomic E-state index is 12.2. The number of hydrogen-bond donors (Lipinski definition) is 1. The molecule has 19 heavy (non-hydrogen) atoms. The van der Waals surface area contributed by atoms with E-state index in [1.165, 1.54) is 11.1 Å². The molecule has 0 fully saturated rings. The number of benzene rings is 1. The monoisotopic (exact) mass is 255 g/mol. The molecular formula is C15H17N3O. The predicted molar refractivity (Wildman–Crippen MR) is 72.8 cm³/mol. The number of aromatic nitrogens is 2. The number of aryl methyl sites for hydroxylation is 2. The van der Waals surface area contributed by atoms with E-state index in [-0.39, 0.29) is 11.9 Å². The first-order chi connectivity index (χ1) is 9.24. The summed E-state index contributed by atoms with van der Waals surface area (Å²) in [6, 6.07) is 8.48. The molecule has 4 nitrogen and oxygen atoms in total. The van der Waals surface area contributed by atoms with Crippen LogP contribution in [0.5, 0.6) is 0 Å². The lowest BCUT2D eigenvalue weighted by molar-refractivity contribution is 0.0932. The third-order valence-electron chi connectivity index (χ3n) is 3.64. The molecule has 1 amide bonds. The highest BCUT2D eigenvalue weighted by molar-refractivity contribution is 5.94. The van der Waals surface area contributed by atoms with Gasteiger partial charge in [0, 0.05) is 13.2 Å². The summed E-state index contributed by atoms with van der Waals surface area (Å²) >= 11 is 0. The fraction of sp³-hybridized carbons (Fsp3) is 0.333. The number of nitrogens with zero attached hydrogens (tertiary/aromatic N) is 2. The Hall–Kier alpha value is -2.10. The molecule has 0 aliphatic heterocycles. The summed E-state index contributed by atoms with van der Waals surface area (Å²) in [6.45, 7) is 0. The van der Waals surface area contributed by atoms with E-state index in [9.17, 15) is 4.79 Å². The van der Waals surface area contributed by atoms with Crippen molar-refractivity contribution in [2.45, 2.75) is 25.3 Å². The molecule has 1 aromatic heterocycles. The Labute approximate surface area is 112 Å². The van der Waals surface area contributed by atoms with Gasteiger partial charge in [0.1, 0.15) is 0 Å². The Balaban J connectivity index is 1.79. The van der Waals surface area contributed by atoms with Gasteiger partial charge in [-0.2, -0.15) is 5.10 Å². The van der Waals surface area contributed by atoms with Gasteiger partial charge in [0.2, 0.25) is 0 Å². The van der Waals surface area contributed by atoms with Crippen LogP contribution >= 0.6 is 0 Å². The molecule has 1 aromatic carbocycles. The van der Waals surface area contributed by atoms with Crippen molar-refractivity contribution >= 4 is 5.91 Å². The number of hydrogen-bond acceptors (Lipinski definition) is 2. The van der Waals surface area contributed by atoms with E-state index in [1.807, 2.05) is 13.1 Å². The van der Waals surface area contributed by atoms with Gasteiger partial charge in [0.15, 0.2) is 0 Å². The van der Waals surface area contributed by atoms with Gasteiger partial charge in [0.05, 0.1) is 17.8 Å². The predicted octanol–water partition coefficient (Wildman–Crippen LogP) is 2.23. The zero-order chi connectivity index (χ0) is 13.2. The van der Waals surface area contributed by atoms with Crippen LogP contribution in [0.25, 0.3) is 0 Å². The van der Waals surface area contributed by atoms with Crippen molar-refractivity contribution in [3.63, 3.8) is 0 Å². The molecule has 1 heterocycles. The molecule has 3 rings (SSSR count). The Bertz CT molecular complexity index is 603. The van der Waals surface area contributed by atoms with Gasteiger partial charge in [-0.15, -0.1) is 0 Å². The van der Waals surface area contributed by atoms with Gasteiger partial charge in [0.25, 0.3) is 5.91 Å². The van der Waals surface area contributed by atoms with Crippen LogP contribution in [0.2, 0.25) is 0 Å². The molecule has 0 radical (unpaired) electrons. The number of amides is 1. The summed E-state index contributed by atoms with van der Waals surface area (Å²) in [6.07, 6.45) is 6.57. The number of nitrogens with one attached hydrogen (secondary N) is 1. The van der Waals surface area contributed by atoms with E-state index in [2.05, 4.69) is 28.6 Å². The first kappa shape index (κ1) is 12.0. The standard InChI is InChI=1S/C15H17N3O/c1-18-10-12(9-16-18)15(19)17-14-8-4-6-11-5-2-3-7-13(11)14/h2-3,5,7,9-10,14H,4,6,8H2,1H3,(H,17,19)/t14-/m0/s1. The Morgan fingerprint density at radius 2 is 2.26 bits per heavy atom. The van der Waals surface area contributed by atoms with Crippen molar-refractivity contribution < 1.29 is 4.79 Å². The average Bonchev–Trinajstić information content (AvgIpc) is 2.86.